The van der Waals surface area contributed by atoms with E-state index in [4.69, 9.17) is 9.72 Å². The first-order valence-corrected chi connectivity index (χ1v) is 18.3. The number of carbonyl (C=O) groups is 2. The summed E-state index contributed by atoms with van der Waals surface area (Å²) in [6.45, 7) is 3.01. The average molecular weight is 655 g/mol. The van der Waals surface area contributed by atoms with Crippen LogP contribution in [0.2, 0.25) is 0 Å². The summed E-state index contributed by atoms with van der Waals surface area (Å²) in [5.41, 5.74) is 3.44. The third kappa shape index (κ3) is 11.8. The molecular formula is C41H54N2O5. The maximum absolute atomic E-state index is 11.6. The second kappa shape index (κ2) is 20.3. The van der Waals surface area contributed by atoms with Gasteiger partial charge in [-0.25, -0.2) is 14.6 Å². The van der Waals surface area contributed by atoms with Crippen molar-refractivity contribution in [1.82, 2.24) is 9.55 Å². The number of hydrogen-bond acceptors (Lipinski definition) is 4. The molecule has 0 saturated heterocycles. The van der Waals surface area contributed by atoms with Crippen LogP contribution in [0.5, 0.6) is 5.75 Å². The van der Waals surface area contributed by atoms with Crippen molar-refractivity contribution in [1.29, 1.82) is 0 Å². The summed E-state index contributed by atoms with van der Waals surface area (Å²) >= 11 is 0. The normalized spacial score (nSPS) is 11.3. The number of ether oxygens (including phenoxy) is 1. The van der Waals surface area contributed by atoms with E-state index in [1.165, 1.54) is 96.3 Å². The second-order valence-corrected chi connectivity index (χ2v) is 13.0. The predicted molar refractivity (Wildman–Crippen MR) is 194 cm³/mol. The van der Waals surface area contributed by atoms with Gasteiger partial charge in [-0.2, -0.15) is 0 Å². The molecule has 0 aliphatic carbocycles. The van der Waals surface area contributed by atoms with Gasteiger partial charge in [-0.1, -0.05) is 121 Å². The highest BCUT2D eigenvalue weighted by Crippen LogP contribution is 2.25. The summed E-state index contributed by atoms with van der Waals surface area (Å²) in [6.07, 6.45) is 23.0. The molecule has 0 aliphatic rings. The Hall–Kier alpha value is -4.13. The Bertz CT molecular complexity index is 1560. The van der Waals surface area contributed by atoms with E-state index in [2.05, 4.69) is 19.1 Å². The van der Waals surface area contributed by atoms with E-state index in [0.29, 0.717) is 24.0 Å². The lowest BCUT2D eigenvalue weighted by atomic mass is 10.0. The Morgan fingerprint density at radius 1 is 0.646 bits per heavy atom. The number of aromatic nitrogens is 2. The zero-order valence-electron chi connectivity index (χ0n) is 28.8. The Morgan fingerprint density at radius 3 is 1.79 bits per heavy atom. The quantitative estimate of drug-likeness (QED) is 0.0729. The topological polar surface area (TPSA) is 102 Å². The van der Waals surface area contributed by atoms with E-state index in [-0.39, 0.29) is 11.1 Å². The van der Waals surface area contributed by atoms with Gasteiger partial charge in [0, 0.05) is 12.1 Å². The van der Waals surface area contributed by atoms with Crippen molar-refractivity contribution in [2.24, 2.45) is 0 Å². The number of carboxylic acid groups (broad SMARTS) is 2. The molecule has 0 saturated carbocycles. The van der Waals surface area contributed by atoms with Crippen LogP contribution in [0.3, 0.4) is 0 Å². The molecule has 4 aromatic rings. The minimum absolute atomic E-state index is 0.160. The molecule has 4 rings (SSSR count). The van der Waals surface area contributed by atoms with Crippen molar-refractivity contribution in [3.05, 3.63) is 89.2 Å². The van der Waals surface area contributed by atoms with Gasteiger partial charge in [0.05, 0.1) is 28.8 Å². The summed E-state index contributed by atoms with van der Waals surface area (Å²) in [4.78, 5) is 28.0. The SMILES string of the molecule is CCCCCCCCCCCCCCCCCCOc1ccc(CCc2nc3cc(C(=O)O)ccc3n2-c2cccc(C(=O)O)c2)cc1. The highest BCUT2D eigenvalue weighted by molar-refractivity contribution is 5.93. The molecule has 0 atom stereocenters. The fourth-order valence-corrected chi connectivity index (χ4v) is 6.35. The first-order chi connectivity index (χ1) is 23.5. The molecule has 7 heteroatoms. The smallest absolute Gasteiger partial charge is 0.335 e. The van der Waals surface area contributed by atoms with Gasteiger partial charge in [-0.15, -0.1) is 0 Å². The number of benzene rings is 3. The minimum Gasteiger partial charge on any atom is -0.494 e. The van der Waals surface area contributed by atoms with E-state index < -0.39 is 11.9 Å². The van der Waals surface area contributed by atoms with Crippen LogP contribution < -0.4 is 4.74 Å². The van der Waals surface area contributed by atoms with Gasteiger partial charge in [0.2, 0.25) is 0 Å². The Morgan fingerprint density at radius 2 is 1.21 bits per heavy atom. The molecule has 0 unspecified atom stereocenters. The first kappa shape index (κ1) is 36.7. The van der Waals surface area contributed by atoms with Crippen LogP contribution in [0, 0.1) is 0 Å². The van der Waals surface area contributed by atoms with Crippen LogP contribution in [0.25, 0.3) is 16.7 Å². The van der Waals surface area contributed by atoms with E-state index >= 15 is 0 Å². The lowest BCUT2D eigenvalue weighted by Crippen LogP contribution is -2.05. The number of hydrogen-bond donors (Lipinski definition) is 2. The molecule has 0 bridgehead atoms. The predicted octanol–water partition coefficient (Wildman–Crippen LogP) is 10.8. The van der Waals surface area contributed by atoms with Gasteiger partial charge in [0.1, 0.15) is 11.6 Å². The Labute approximate surface area is 286 Å². The summed E-state index contributed by atoms with van der Waals surface area (Å²) in [5, 5.41) is 19.0. The standard InChI is InChI=1S/C41H54N2O5/c1-2-3-4-5-6-7-8-9-10-11-12-13-14-15-16-17-29-48-36-25-21-32(22-26-36)23-28-39-42-37-31-34(41(46)47)24-27-38(37)43(39)35-20-18-19-33(30-35)40(44)45/h18-22,24-27,30-31H,2-17,23,28-29H2,1H3,(H,44,45)(H,46,47). The average Bonchev–Trinajstić information content (AvgIpc) is 3.47. The monoisotopic (exact) mass is 654 g/mol. The van der Waals surface area contributed by atoms with Crippen LogP contribution in [0.15, 0.2) is 66.7 Å². The largest absolute Gasteiger partial charge is 0.494 e. The number of aryl methyl sites for hydroxylation is 2. The van der Waals surface area contributed by atoms with Crippen molar-refractivity contribution in [2.45, 2.75) is 122 Å². The number of fused-ring (bicyclic) bond motifs is 1. The van der Waals surface area contributed by atoms with Gasteiger partial charge in [0.25, 0.3) is 0 Å². The lowest BCUT2D eigenvalue weighted by Gasteiger charge is -2.11. The van der Waals surface area contributed by atoms with Gasteiger partial charge in [0.15, 0.2) is 0 Å². The summed E-state index contributed by atoms with van der Waals surface area (Å²) in [5.74, 6) is -0.413. The highest BCUT2D eigenvalue weighted by atomic mass is 16.5. The number of imidazole rings is 1. The van der Waals surface area contributed by atoms with Gasteiger partial charge in [-0.05, 0) is 66.9 Å². The Kier molecular flexibility index (Phi) is 15.5. The fourth-order valence-electron chi connectivity index (χ4n) is 6.35. The number of nitrogens with zero attached hydrogens (tertiary/aromatic N) is 2. The molecule has 0 radical (unpaired) electrons. The molecule has 3 aromatic carbocycles. The van der Waals surface area contributed by atoms with Crippen molar-refractivity contribution in [3.63, 3.8) is 0 Å². The van der Waals surface area contributed by atoms with Crippen LogP contribution in [-0.2, 0) is 12.8 Å². The zero-order valence-corrected chi connectivity index (χ0v) is 28.8. The molecule has 48 heavy (non-hydrogen) atoms. The van der Waals surface area contributed by atoms with E-state index in [1.54, 1.807) is 36.4 Å². The fraction of sp³-hybridized carbons (Fsp3) is 0.488. The summed E-state index contributed by atoms with van der Waals surface area (Å²) in [7, 11) is 0. The van der Waals surface area contributed by atoms with E-state index in [0.717, 1.165) is 35.7 Å². The first-order valence-electron chi connectivity index (χ1n) is 18.3. The van der Waals surface area contributed by atoms with Crippen molar-refractivity contribution >= 4 is 23.0 Å². The maximum Gasteiger partial charge on any atom is 0.335 e. The van der Waals surface area contributed by atoms with Crippen LogP contribution in [-0.4, -0.2) is 38.3 Å². The molecule has 2 N–H and O–H groups in total. The molecule has 1 heterocycles. The van der Waals surface area contributed by atoms with Crippen LogP contribution >= 0.6 is 0 Å². The van der Waals surface area contributed by atoms with E-state index in [9.17, 15) is 19.8 Å². The number of rotatable bonds is 24. The van der Waals surface area contributed by atoms with E-state index in [1.807, 2.05) is 22.8 Å². The highest BCUT2D eigenvalue weighted by Gasteiger charge is 2.16. The van der Waals surface area contributed by atoms with Gasteiger partial charge >= 0.3 is 11.9 Å². The maximum atomic E-state index is 11.6. The summed E-state index contributed by atoms with van der Waals surface area (Å²) < 4.78 is 7.93. The number of carboxylic acids is 2. The molecule has 7 nitrogen and oxygen atoms in total. The third-order valence-electron chi connectivity index (χ3n) is 9.15. The third-order valence-corrected chi connectivity index (χ3v) is 9.15. The van der Waals surface area contributed by atoms with Crippen LogP contribution in [0.1, 0.15) is 142 Å². The zero-order chi connectivity index (χ0) is 34.0. The van der Waals surface area contributed by atoms with Gasteiger partial charge in [-0.3, -0.25) is 4.57 Å². The second-order valence-electron chi connectivity index (χ2n) is 13.0. The van der Waals surface area contributed by atoms with Crippen molar-refractivity contribution in [3.8, 4) is 11.4 Å². The van der Waals surface area contributed by atoms with Crippen molar-refractivity contribution < 1.29 is 24.5 Å². The Balaban J connectivity index is 1.16. The lowest BCUT2D eigenvalue weighted by molar-refractivity contribution is 0.0686. The molecule has 1 aromatic heterocycles. The number of aromatic carboxylic acids is 2. The van der Waals surface area contributed by atoms with Crippen molar-refractivity contribution in [2.75, 3.05) is 6.61 Å². The van der Waals surface area contributed by atoms with Crippen LogP contribution in [0.4, 0.5) is 0 Å². The molecule has 0 spiro atoms. The molecule has 0 aliphatic heterocycles. The van der Waals surface area contributed by atoms with Gasteiger partial charge < -0.3 is 14.9 Å². The molecule has 0 amide bonds. The minimum atomic E-state index is -1.02. The molecular weight excluding hydrogens is 600 g/mol. The number of unbranched alkanes of at least 4 members (excludes halogenated alkanes) is 15. The molecule has 258 valence electrons. The summed E-state index contributed by atoms with van der Waals surface area (Å²) in [6, 6.07) is 19.7. The molecule has 0 fully saturated rings.